The van der Waals surface area contributed by atoms with E-state index in [0.717, 1.165) is 17.7 Å². The number of carbonyl (C=O) groups is 1. The van der Waals surface area contributed by atoms with Crippen molar-refractivity contribution in [1.29, 1.82) is 0 Å². The highest BCUT2D eigenvalue weighted by Gasteiger charge is 2.20. The van der Waals surface area contributed by atoms with Gasteiger partial charge in [-0.1, -0.05) is 11.6 Å². The summed E-state index contributed by atoms with van der Waals surface area (Å²) in [5.74, 6) is 0.136. The molecule has 0 bridgehead atoms. The first-order chi connectivity index (χ1) is 6.18. The van der Waals surface area contributed by atoms with Crippen LogP contribution in [0, 0.1) is 0 Å². The average molecular weight is 197 g/mol. The van der Waals surface area contributed by atoms with Crippen LogP contribution in [-0.2, 0) is 11.2 Å². The van der Waals surface area contributed by atoms with Gasteiger partial charge in [0.1, 0.15) is 5.15 Å². The number of aryl methyl sites for hydroxylation is 1. The molecule has 0 fully saturated rings. The summed E-state index contributed by atoms with van der Waals surface area (Å²) in [6, 6.07) is 1.82. The van der Waals surface area contributed by atoms with Crippen molar-refractivity contribution in [2.75, 3.05) is 11.9 Å². The summed E-state index contributed by atoms with van der Waals surface area (Å²) in [4.78, 5) is 16.9. The predicted molar refractivity (Wildman–Crippen MR) is 51.0 cm³/mol. The van der Waals surface area contributed by atoms with E-state index >= 15 is 0 Å². The SMILES string of the molecule is CN1C(=O)CCc2cc(Cl)ncc21. The van der Waals surface area contributed by atoms with Crippen LogP contribution in [0.2, 0.25) is 5.15 Å². The Kier molecular flexibility index (Phi) is 1.96. The summed E-state index contributed by atoms with van der Waals surface area (Å²) < 4.78 is 0. The summed E-state index contributed by atoms with van der Waals surface area (Å²) in [7, 11) is 1.76. The Morgan fingerprint density at radius 3 is 3.08 bits per heavy atom. The number of aromatic nitrogens is 1. The number of anilines is 1. The molecule has 1 aliphatic heterocycles. The number of halogens is 1. The van der Waals surface area contributed by atoms with Crippen molar-refractivity contribution >= 4 is 23.2 Å². The standard InChI is InChI=1S/C9H9ClN2O/c1-12-7-5-11-8(10)4-6(7)2-3-9(12)13/h4-5H,2-3H2,1H3. The minimum Gasteiger partial charge on any atom is -0.314 e. The second-order valence-corrected chi connectivity index (χ2v) is 3.48. The Bertz CT molecular complexity index is 365. The van der Waals surface area contributed by atoms with E-state index in [1.54, 1.807) is 18.1 Å². The molecule has 0 spiro atoms. The molecule has 0 N–H and O–H groups in total. The van der Waals surface area contributed by atoms with E-state index < -0.39 is 0 Å². The number of amides is 1. The van der Waals surface area contributed by atoms with Gasteiger partial charge in [-0.25, -0.2) is 4.98 Å². The monoisotopic (exact) mass is 196 g/mol. The van der Waals surface area contributed by atoms with Crippen LogP contribution in [0.25, 0.3) is 0 Å². The summed E-state index contributed by atoms with van der Waals surface area (Å²) in [5, 5.41) is 0.487. The molecule has 2 heterocycles. The van der Waals surface area contributed by atoms with Crippen molar-refractivity contribution in [2.45, 2.75) is 12.8 Å². The molecule has 0 atom stereocenters. The lowest BCUT2D eigenvalue weighted by Gasteiger charge is -2.24. The summed E-state index contributed by atoms with van der Waals surface area (Å²) in [6.45, 7) is 0. The number of fused-ring (bicyclic) bond motifs is 1. The lowest BCUT2D eigenvalue weighted by Crippen LogP contribution is -2.31. The van der Waals surface area contributed by atoms with Gasteiger partial charge in [0.05, 0.1) is 11.9 Å². The van der Waals surface area contributed by atoms with Crippen LogP contribution in [0.5, 0.6) is 0 Å². The van der Waals surface area contributed by atoms with Gasteiger partial charge in [0.2, 0.25) is 5.91 Å². The Morgan fingerprint density at radius 2 is 2.31 bits per heavy atom. The van der Waals surface area contributed by atoms with Gasteiger partial charge in [-0.15, -0.1) is 0 Å². The van der Waals surface area contributed by atoms with Crippen LogP contribution in [0.15, 0.2) is 12.3 Å². The quantitative estimate of drug-likeness (QED) is 0.591. The molecular weight excluding hydrogens is 188 g/mol. The maximum Gasteiger partial charge on any atom is 0.227 e. The number of pyridine rings is 1. The number of carbonyl (C=O) groups excluding carboxylic acids is 1. The molecule has 0 aliphatic carbocycles. The normalized spacial score (nSPS) is 15.8. The van der Waals surface area contributed by atoms with Gasteiger partial charge in [0.25, 0.3) is 0 Å². The highest BCUT2D eigenvalue weighted by Crippen LogP contribution is 2.27. The third-order valence-corrected chi connectivity index (χ3v) is 2.48. The van der Waals surface area contributed by atoms with Crippen molar-refractivity contribution in [3.05, 3.63) is 23.0 Å². The molecule has 0 saturated carbocycles. The van der Waals surface area contributed by atoms with E-state index in [0.29, 0.717) is 11.6 Å². The molecule has 1 aliphatic rings. The zero-order valence-corrected chi connectivity index (χ0v) is 8.01. The van der Waals surface area contributed by atoms with E-state index in [-0.39, 0.29) is 5.91 Å². The Balaban J connectivity index is 2.49. The van der Waals surface area contributed by atoms with E-state index in [4.69, 9.17) is 11.6 Å². The topological polar surface area (TPSA) is 33.2 Å². The molecule has 68 valence electrons. The first-order valence-electron chi connectivity index (χ1n) is 4.09. The molecule has 0 unspecified atom stereocenters. The van der Waals surface area contributed by atoms with Gasteiger partial charge in [-0.2, -0.15) is 0 Å². The lowest BCUT2D eigenvalue weighted by atomic mass is 10.0. The van der Waals surface area contributed by atoms with Crippen LogP contribution < -0.4 is 4.90 Å². The molecule has 0 saturated heterocycles. The Hall–Kier alpha value is -1.09. The largest absolute Gasteiger partial charge is 0.314 e. The van der Waals surface area contributed by atoms with E-state index in [9.17, 15) is 4.79 Å². The van der Waals surface area contributed by atoms with Crippen molar-refractivity contribution < 1.29 is 4.79 Å². The number of hydrogen-bond donors (Lipinski definition) is 0. The van der Waals surface area contributed by atoms with Crippen LogP contribution in [0.4, 0.5) is 5.69 Å². The zero-order valence-electron chi connectivity index (χ0n) is 7.25. The summed E-state index contributed by atoms with van der Waals surface area (Å²) >= 11 is 5.75. The fourth-order valence-corrected chi connectivity index (χ4v) is 1.69. The zero-order chi connectivity index (χ0) is 9.42. The molecule has 0 radical (unpaired) electrons. The molecule has 1 aromatic rings. The van der Waals surface area contributed by atoms with Gasteiger partial charge < -0.3 is 4.90 Å². The van der Waals surface area contributed by atoms with Crippen molar-refractivity contribution in [1.82, 2.24) is 4.98 Å². The van der Waals surface area contributed by atoms with Gasteiger partial charge >= 0.3 is 0 Å². The second-order valence-electron chi connectivity index (χ2n) is 3.09. The maximum atomic E-state index is 11.3. The summed E-state index contributed by atoms with van der Waals surface area (Å²) in [5.41, 5.74) is 1.97. The fraction of sp³-hybridized carbons (Fsp3) is 0.333. The Labute approximate surface area is 81.3 Å². The molecular formula is C9H9ClN2O. The molecule has 1 amide bonds. The van der Waals surface area contributed by atoms with Crippen LogP contribution >= 0.6 is 11.6 Å². The smallest absolute Gasteiger partial charge is 0.227 e. The highest BCUT2D eigenvalue weighted by molar-refractivity contribution is 6.29. The number of nitrogens with zero attached hydrogens (tertiary/aromatic N) is 2. The van der Waals surface area contributed by atoms with Crippen molar-refractivity contribution in [2.24, 2.45) is 0 Å². The maximum absolute atomic E-state index is 11.3. The lowest BCUT2D eigenvalue weighted by molar-refractivity contribution is -0.118. The third-order valence-electron chi connectivity index (χ3n) is 2.28. The van der Waals surface area contributed by atoms with Crippen LogP contribution in [-0.4, -0.2) is 17.9 Å². The van der Waals surface area contributed by atoms with Gasteiger partial charge in [0, 0.05) is 13.5 Å². The van der Waals surface area contributed by atoms with Gasteiger partial charge in [0.15, 0.2) is 0 Å². The van der Waals surface area contributed by atoms with E-state index in [1.165, 1.54) is 0 Å². The third kappa shape index (κ3) is 1.40. The molecule has 3 nitrogen and oxygen atoms in total. The predicted octanol–water partition coefficient (Wildman–Crippen LogP) is 1.64. The van der Waals surface area contributed by atoms with Crippen LogP contribution in [0.1, 0.15) is 12.0 Å². The van der Waals surface area contributed by atoms with Gasteiger partial charge in [-0.05, 0) is 18.1 Å². The number of hydrogen-bond acceptors (Lipinski definition) is 2. The fourth-order valence-electron chi connectivity index (χ4n) is 1.51. The minimum absolute atomic E-state index is 0.136. The molecule has 0 aromatic carbocycles. The minimum atomic E-state index is 0.136. The number of rotatable bonds is 0. The first kappa shape index (κ1) is 8.51. The Morgan fingerprint density at radius 1 is 1.54 bits per heavy atom. The van der Waals surface area contributed by atoms with Gasteiger partial charge in [-0.3, -0.25) is 4.79 Å². The van der Waals surface area contributed by atoms with Crippen molar-refractivity contribution in [3.63, 3.8) is 0 Å². The van der Waals surface area contributed by atoms with Crippen molar-refractivity contribution in [3.8, 4) is 0 Å². The molecule has 13 heavy (non-hydrogen) atoms. The van der Waals surface area contributed by atoms with Crippen LogP contribution in [0.3, 0.4) is 0 Å². The first-order valence-corrected chi connectivity index (χ1v) is 4.47. The van der Waals surface area contributed by atoms with E-state index in [1.807, 2.05) is 6.07 Å². The van der Waals surface area contributed by atoms with E-state index in [2.05, 4.69) is 4.98 Å². The average Bonchev–Trinajstić information content (AvgIpc) is 2.12. The molecule has 2 rings (SSSR count). The molecule has 4 heteroatoms. The highest BCUT2D eigenvalue weighted by atomic mass is 35.5. The summed E-state index contributed by atoms with van der Waals surface area (Å²) in [6.07, 6.45) is 2.97. The second kappa shape index (κ2) is 3.00. The molecule has 1 aromatic heterocycles.